The average Bonchev–Trinajstić information content (AvgIpc) is 2.85. The average molecular weight is 358 g/mol. The summed E-state index contributed by atoms with van der Waals surface area (Å²) in [5.41, 5.74) is -0.176. The SMILES string of the molecule is CC(C)(C)OC(=O)Nc1ccn2ncc(C(=O)NCC(F)(F)F)c2c1. The molecule has 136 valence electrons. The maximum atomic E-state index is 12.2. The van der Waals surface area contributed by atoms with E-state index < -0.39 is 30.3 Å². The van der Waals surface area contributed by atoms with Gasteiger partial charge in [0.25, 0.3) is 5.91 Å². The number of nitrogens with one attached hydrogen (secondary N) is 2. The second-order valence-electron chi connectivity index (χ2n) is 6.23. The van der Waals surface area contributed by atoms with Crippen LogP contribution in [0, 0.1) is 0 Å². The van der Waals surface area contributed by atoms with Gasteiger partial charge in [-0.05, 0) is 32.9 Å². The molecule has 0 radical (unpaired) electrons. The zero-order valence-corrected chi connectivity index (χ0v) is 13.8. The molecular weight excluding hydrogens is 341 g/mol. The summed E-state index contributed by atoms with van der Waals surface area (Å²) in [6.07, 6.45) is -2.59. The fourth-order valence-electron chi connectivity index (χ4n) is 1.93. The maximum absolute atomic E-state index is 12.2. The van der Waals surface area contributed by atoms with Gasteiger partial charge in [-0.3, -0.25) is 10.1 Å². The standard InChI is InChI=1S/C15H17F3N4O3/c1-14(2,3)25-13(24)21-9-4-5-22-11(6-9)10(7-20-22)12(23)19-8-15(16,17)18/h4-7H,8H2,1-3H3,(H,19,23)(H,21,24). The van der Waals surface area contributed by atoms with E-state index in [0.717, 1.165) is 6.20 Å². The van der Waals surface area contributed by atoms with Gasteiger partial charge in [-0.2, -0.15) is 18.3 Å². The molecule has 2 aromatic heterocycles. The first-order valence-electron chi connectivity index (χ1n) is 7.27. The first-order chi connectivity index (χ1) is 11.4. The van der Waals surface area contributed by atoms with Gasteiger partial charge >= 0.3 is 12.3 Å². The van der Waals surface area contributed by atoms with Crippen LogP contribution >= 0.6 is 0 Å². The second-order valence-corrected chi connectivity index (χ2v) is 6.23. The van der Waals surface area contributed by atoms with Crippen LogP contribution in [0.4, 0.5) is 23.7 Å². The van der Waals surface area contributed by atoms with Crippen LogP contribution in [0.25, 0.3) is 5.52 Å². The number of ether oxygens (including phenoxy) is 1. The number of hydrogen-bond donors (Lipinski definition) is 2. The van der Waals surface area contributed by atoms with Crippen molar-refractivity contribution in [2.75, 3.05) is 11.9 Å². The number of aromatic nitrogens is 2. The van der Waals surface area contributed by atoms with E-state index >= 15 is 0 Å². The van der Waals surface area contributed by atoms with Crippen molar-refractivity contribution >= 4 is 23.2 Å². The van der Waals surface area contributed by atoms with E-state index in [-0.39, 0.29) is 11.1 Å². The minimum absolute atomic E-state index is 0.0444. The van der Waals surface area contributed by atoms with Crippen LogP contribution in [-0.4, -0.2) is 39.9 Å². The molecule has 0 aliphatic carbocycles. The third-order valence-corrected chi connectivity index (χ3v) is 2.86. The zero-order valence-electron chi connectivity index (χ0n) is 13.8. The number of nitrogens with zero attached hydrogens (tertiary/aromatic N) is 2. The van der Waals surface area contributed by atoms with Crippen LogP contribution in [0.2, 0.25) is 0 Å². The topological polar surface area (TPSA) is 84.7 Å². The summed E-state index contributed by atoms with van der Waals surface area (Å²) in [5.74, 6) is -0.915. The quantitative estimate of drug-likeness (QED) is 0.883. The van der Waals surface area contributed by atoms with Crippen LogP contribution in [0.15, 0.2) is 24.5 Å². The Balaban J connectivity index is 2.18. The van der Waals surface area contributed by atoms with Gasteiger partial charge in [0.05, 0.1) is 17.3 Å². The Morgan fingerprint density at radius 3 is 2.56 bits per heavy atom. The first-order valence-corrected chi connectivity index (χ1v) is 7.27. The van der Waals surface area contributed by atoms with Gasteiger partial charge in [0.15, 0.2) is 0 Å². The number of alkyl halides is 3. The second kappa shape index (κ2) is 6.61. The predicted molar refractivity (Wildman–Crippen MR) is 83.4 cm³/mol. The van der Waals surface area contributed by atoms with Gasteiger partial charge in [0.2, 0.25) is 0 Å². The van der Waals surface area contributed by atoms with Gasteiger partial charge in [-0.25, -0.2) is 9.31 Å². The van der Waals surface area contributed by atoms with E-state index in [1.165, 1.54) is 22.8 Å². The lowest BCUT2D eigenvalue weighted by atomic mass is 10.2. The minimum atomic E-state index is -4.51. The molecule has 0 aromatic carbocycles. The molecule has 0 unspecified atom stereocenters. The lowest BCUT2D eigenvalue weighted by Crippen LogP contribution is -2.33. The van der Waals surface area contributed by atoms with Crippen molar-refractivity contribution in [3.05, 3.63) is 30.1 Å². The van der Waals surface area contributed by atoms with Gasteiger partial charge in [0, 0.05) is 11.9 Å². The normalized spacial score (nSPS) is 12.1. The Bertz CT molecular complexity index is 793. The van der Waals surface area contributed by atoms with Crippen LogP contribution in [0.5, 0.6) is 0 Å². The highest BCUT2D eigenvalue weighted by atomic mass is 19.4. The zero-order chi connectivity index (χ0) is 18.8. The minimum Gasteiger partial charge on any atom is -0.444 e. The van der Waals surface area contributed by atoms with Gasteiger partial charge in [-0.1, -0.05) is 0 Å². The fourth-order valence-corrected chi connectivity index (χ4v) is 1.93. The van der Waals surface area contributed by atoms with E-state index in [1.54, 1.807) is 26.1 Å². The summed E-state index contributed by atoms with van der Waals surface area (Å²) in [4.78, 5) is 23.7. The van der Waals surface area contributed by atoms with Crippen LogP contribution in [-0.2, 0) is 4.74 Å². The molecular formula is C15H17F3N4O3. The summed E-state index contributed by atoms with van der Waals surface area (Å²) in [7, 11) is 0. The first kappa shape index (κ1) is 18.6. The summed E-state index contributed by atoms with van der Waals surface area (Å²) in [6, 6.07) is 2.93. The molecule has 0 spiro atoms. The Morgan fingerprint density at radius 2 is 1.96 bits per heavy atom. The van der Waals surface area contributed by atoms with Crippen molar-refractivity contribution in [2.24, 2.45) is 0 Å². The third kappa shape index (κ3) is 5.37. The number of carbonyl (C=O) groups is 2. The number of carbonyl (C=O) groups excluding carboxylic acids is 2. The number of halogens is 3. The van der Waals surface area contributed by atoms with E-state index in [2.05, 4.69) is 10.4 Å². The number of anilines is 1. The summed E-state index contributed by atoms with van der Waals surface area (Å²) in [6.45, 7) is 3.67. The molecule has 7 nitrogen and oxygen atoms in total. The number of fused-ring (bicyclic) bond motifs is 1. The fraction of sp³-hybridized carbons (Fsp3) is 0.400. The van der Waals surface area contributed by atoms with E-state index in [0.29, 0.717) is 5.69 Å². The molecule has 0 fully saturated rings. The van der Waals surface area contributed by atoms with Crippen molar-refractivity contribution in [1.82, 2.24) is 14.9 Å². The summed E-state index contributed by atoms with van der Waals surface area (Å²) in [5, 5.41) is 8.16. The molecule has 2 N–H and O–H groups in total. The number of pyridine rings is 1. The molecule has 0 saturated heterocycles. The Hall–Kier alpha value is -2.78. The molecule has 0 aliphatic heterocycles. The molecule has 25 heavy (non-hydrogen) atoms. The van der Waals surface area contributed by atoms with Crippen molar-refractivity contribution in [3.63, 3.8) is 0 Å². The summed E-state index contributed by atoms with van der Waals surface area (Å²) < 4.78 is 43.1. The molecule has 0 bridgehead atoms. The van der Waals surface area contributed by atoms with E-state index in [1.807, 2.05) is 0 Å². The highest BCUT2D eigenvalue weighted by molar-refractivity contribution is 6.01. The monoisotopic (exact) mass is 358 g/mol. The van der Waals surface area contributed by atoms with Crippen molar-refractivity contribution in [2.45, 2.75) is 32.5 Å². The lowest BCUT2D eigenvalue weighted by molar-refractivity contribution is -0.123. The molecule has 0 atom stereocenters. The molecule has 2 aromatic rings. The van der Waals surface area contributed by atoms with E-state index in [9.17, 15) is 22.8 Å². The van der Waals surface area contributed by atoms with Crippen molar-refractivity contribution in [3.8, 4) is 0 Å². The number of hydrogen-bond acceptors (Lipinski definition) is 4. The molecule has 2 amide bonds. The van der Waals surface area contributed by atoms with Gasteiger partial charge in [0.1, 0.15) is 12.1 Å². The van der Waals surface area contributed by atoms with Gasteiger partial charge < -0.3 is 10.1 Å². The summed E-state index contributed by atoms with van der Waals surface area (Å²) >= 11 is 0. The predicted octanol–water partition coefficient (Wildman–Crippen LogP) is 2.97. The lowest BCUT2D eigenvalue weighted by Gasteiger charge is -2.19. The maximum Gasteiger partial charge on any atom is 0.412 e. The van der Waals surface area contributed by atoms with Crippen LogP contribution < -0.4 is 10.6 Å². The molecule has 2 rings (SSSR count). The van der Waals surface area contributed by atoms with Crippen LogP contribution in [0.3, 0.4) is 0 Å². The highest BCUT2D eigenvalue weighted by Gasteiger charge is 2.28. The van der Waals surface area contributed by atoms with Crippen molar-refractivity contribution < 1.29 is 27.5 Å². The molecule has 0 saturated carbocycles. The van der Waals surface area contributed by atoms with Gasteiger partial charge in [-0.15, -0.1) is 0 Å². The van der Waals surface area contributed by atoms with Crippen molar-refractivity contribution in [1.29, 1.82) is 0 Å². The Kier molecular flexibility index (Phi) is 4.91. The largest absolute Gasteiger partial charge is 0.444 e. The Morgan fingerprint density at radius 1 is 1.28 bits per heavy atom. The Labute approximate surface area is 141 Å². The molecule has 2 heterocycles. The van der Waals surface area contributed by atoms with Crippen LogP contribution in [0.1, 0.15) is 31.1 Å². The smallest absolute Gasteiger partial charge is 0.412 e. The molecule has 0 aliphatic rings. The third-order valence-electron chi connectivity index (χ3n) is 2.86. The highest BCUT2D eigenvalue weighted by Crippen LogP contribution is 2.18. The number of amides is 2. The molecule has 10 heteroatoms. The van der Waals surface area contributed by atoms with E-state index in [4.69, 9.17) is 4.74 Å². The number of rotatable bonds is 3.